The molecule has 0 aromatic heterocycles. The van der Waals surface area contributed by atoms with Gasteiger partial charge in [0.05, 0.1) is 40.7 Å². The third-order valence-electron chi connectivity index (χ3n) is 7.63. The topological polar surface area (TPSA) is 132 Å². The third-order valence-corrected chi connectivity index (χ3v) is 13.5. The fourth-order valence-electron chi connectivity index (χ4n) is 5.08. The summed E-state index contributed by atoms with van der Waals surface area (Å²) in [5.41, 5.74) is -1.15. The predicted octanol–water partition coefficient (Wildman–Crippen LogP) is 9.31. The van der Waals surface area contributed by atoms with Crippen molar-refractivity contribution >= 4 is 29.3 Å². The van der Waals surface area contributed by atoms with Crippen molar-refractivity contribution in [2.75, 3.05) is 24.6 Å². The zero-order valence-corrected chi connectivity index (χ0v) is 27.9. The highest BCUT2D eigenvalue weighted by molar-refractivity contribution is 7.85. The number of carbonyl (C=O) groups is 2. The van der Waals surface area contributed by atoms with Crippen molar-refractivity contribution < 1.29 is 32.8 Å². The molecular formula is C32H57O7PS. The minimum atomic E-state index is -4.89. The Morgan fingerprint density at radius 1 is 0.585 bits per heavy atom. The molecule has 0 saturated carbocycles. The van der Waals surface area contributed by atoms with Gasteiger partial charge in [0.1, 0.15) is 10.1 Å². The van der Waals surface area contributed by atoms with Gasteiger partial charge >= 0.3 is 11.9 Å². The van der Waals surface area contributed by atoms with E-state index in [1.165, 1.54) is 96.3 Å². The van der Waals surface area contributed by atoms with Crippen molar-refractivity contribution in [1.29, 1.82) is 0 Å². The predicted molar refractivity (Wildman–Crippen MR) is 171 cm³/mol. The summed E-state index contributed by atoms with van der Waals surface area (Å²) in [6.07, 6.45) is 30.0. The molecule has 0 amide bonds. The number of rotatable bonds is 23. The Kier molecular flexibility index (Phi) is 22.2. The highest BCUT2D eigenvalue weighted by Gasteiger charge is 2.34. The molecular weight excluding hydrogens is 559 g/mol. The van der Waals surface area contributed by atoms with E-state index >= 15 is 0 Å². The molecule has 0 radical (unpaired) electrons. The summed E-state index contributed by atoms with van der Waals surface area (Å²) in [4.78, 5) is 20.2. The molecule has 0 aliphatic heterocycles. The van der Waals surface area contributed by atoms with E-state index in [1.54, 1.807) is 31.1 Å². The number of aromatic carboxylic acids is 2. The molecule has 0 atom stereocenters. The fraction of sp³-hybridized carbons (Fsp3) is 0.750. The van der Waals surface area contributed by atoms with Gasteiger partial charge in [-0.15, -0.1) is 0 Å². The monoisotopic (exact) mass is 616 g/mol. The highest BCUT2D eigenvalue weighted by Crippen LogP contribution is 2.61. The molecule has 9 heteroatoms. The van der Waals surface area contributed by atoms with Crippen molar-refractivity contribution in [3.8, 4) is 0 Å². The molecule has 1 aromatic rings. The highest BCUT2D eigenvalue weighted by atomic mass is 32.2. The van der Waals surface area contributed by atoms with Gasteiger partial charge < -0.3 is 14.8 Å². The molecule has 0 heterocycles. The normalized spacial score (nSPS) is 11.6. The summed E-state index contributed by atoms with van der Waals surface area (Å²) in [5.74, 6) is -3.04. The van der Waals surface area contributed by atoms with E-state index in [0.29, 0.717) is 12.1 Å². The second-order valence-corrected chi connectivity index (χ2v) is 17.1. The van der Waals surface area contributed by atoms with Crippen LogP contribution in [0.25, 0.3) is 0 Å². The lowest BCUT2D eigenvalue weighted by molar-refractivity contribution is 0.0696. The molecule has 41 heavy (non-hydrogen) atoms. The van der Waals surface area contributed by atoms with Crippen LogP contribution < -0.4 is 0 Å². The Balaban J connectivity index is 0.000000856. The van der Waals surface area contributed by atoms with Gasteiger partial charge in [0.15, 0.2) is 0 Å². The van der Waals surface area contributed by atoms with Gasteiger partial charge in [0, 0.05) is 7.26 Å². The summed E-state index contributed by atoms with van der Waals surface area (Å²) >= 11 is 0. The lowest BCUT2D eigenvalue weighted by atomic mass is 10.1. The van der Waals surface area contributed by atoms with Gasteiger partial charge in [-0.25, -0.2) is 18.0 Å². The average Bonchev–Trinajstić information content (AvgIpc) is 2.94. The van der Waals surface area contributed by atoms with E-state index in [1.807, 2.05) is 0 Å². The van der Waals surface area contributed by atoms with Crippen LogP contribution in [-0.4, -0.2) is 59.8 Å². The number of hydrogen-bond donors (Lipinski definition) is 2. The zero-order chi connectivity index (χ0) is 31.2. The number of hydrogen-bond acceptors (Lipinski definition) is 5. The molecule has 1 aromatic carbocycles. The van der Waals surface area contributed by atoms with E-state index in [-0.39, 0.29) is 0 Å². The van der Waals surface area contributed by atoms with E-state index in [2.05, 4.69) is 27.7 Å². The molecule has 1 rings (SSSR count). The first-order valence-electron chi connectivity index (χ1n) is 15.9. The first-order chi connectivity index (χ1) is 19.5. The summed E-state index contributed by atoms with van der Waals surface area (Å²) in [5, 5.41) is 17.2. The van der Waals surface area contributed by atoms with E-state index in [0.717, 1.165) is 6.07 Å². The lowest BCUT2D eigenvalue weighted by Crippen LogP contribution is -2.13. The Hall–Kier alpha value is -1.50. The van der Waals surface area contributed by atoms with Crippen molar-refractivity contribution in [2.45, 2.75) is 135 Å². The van der Waals surface area contributed by atoms with Crippen LogP contribution in [0.4, 0.5) is 0 Å². The van der Waals surface area contributed by atoms with Crippen LogP contribution in [-0.2, 0) is 10.1 Å². The van der Waals surface area contributed by atoms with Crippen LogP contribution in [0.5, 0.6) is 0 Å². The second kappa shape index (κ2) is 23.0. The second-order valence-electron chi connectivity index (χ2n) is 11.3. The van der Waals surface area contributed by atoms with Crippen LogP contribution in [0.15, 0.2) is 23.1 Å². The van der Waals surface area contributed by atoms with Gasteiger partial charge in [0.25, 0.3) is 0 Å². The zero-order valence-electron chi connectivity index (χ0n) is 26.2. The van der Waals surface area contributed by atoms with Crippen molar-refractivity contribution in [1.82, 2.24) is 0 Å². The Morgan fingerprint density at radius 3 is 1.22 bits per heavy atom. The van der Waals surface area contributed by atoms with Crippen LogP contribution in [0, 0.1) is 0 Å². The van der Waals surface area contributed by atoms with E-state index in [9.17, 15) is 22.6 Å². The van der Waals surface area contributed by atoms with E-state index in [4.69, 9.17) is 10.2 Å². The fourth-order valence-corrected chi connectivity index (χ4v) is 10.8. The SMILES string of the molecule is CCCCCCCCCCCC[P+](CCCC)(CCCC)CCCC.O=C(O)c1cc(C(=O)O)cc(S(=O)(=O)[O-])c1. The smallest absolute Gasteiger partial charge is 0.335 e. The summed E-state index contributed by atoms with van der Waals surface area (Å²) in [6.45, 7) is 9.46. The Bertz CT molecular complexity index is 909. The largest absolute Gasteiger partial charge is 0.744 e. The van der Waals surface area contributed by atoms with Gasteiger partial charge in [-0.3, -0.25) is 0 Å². The van der Waals surface area contributed by atoms with Crippen LogP contribution in [0.3, 0.4) is 0 Å². The maximum Gasteiger partial charge on any atom is 0.335 e. The quantitative estimate of drug-likeness (QED) is 0.0711. The van der Waals surface area contributed by atoms with Crippen LogP contribution in [0.2, 0.25) is 0 Å². The molecule has 2 N–H and O–H groups in total. The summed E-state index contributed by atoms with van der Waals surface area (Å²) in [7, 11) is -5.51. The van der Waals surface area contributed by atoms with Crippen LogP contribution >= 0.6 is 7.26 Å². The first-order valence-corrected chi connectivity index (χ1v) is 19.8. The summed E-state index contributed by atoms with van der Waals surface area (Å²) in [6, 6.07) is 1.98. The number of benzene rings is 1. The summed E-state index contributed by atoms with van der Waals surface area (Å²) < 4.78 is 31.9. The van der Waals surface area contributed by atoms with Crippen molar-refractivity contribution in [3.05, 3.63) is 29.3 Å². The maximum absolute atomic E-state index is 10.6. The standard InChI is InChI=1S/C24H52P.C8H6O7S/c1-5-9-13-14-15-16-17-18-19-20-24-25(21-10-6-2,22-11-7-3)23-12-8-4;9-7(10)4-1-5(8(11)12)3-6(2-4)16(13,14)15/h5-24H2,1-4H3;1-3H,(H,9,10)(H,11,12)(H,13,14,15)/q+1;/p-1. The van der Waals surface area contributed by atoms with Crippen molar-refractivity contribution in [3.63, 3.8) is 0 Å². The minimum Gasteiger partial charge on any atom is -0.744 e. The molecule has 0 saturated heterocycles. The molecule has 0 unspecified atom stereocenters. The van der Waals surface area contributed by atoms with Gasteiger partial charge in [-0.2, -0.15) is 0 Å². The molecule has 0 aliphatic carbocycles. The minimum absolute atomic E-state index is 0.575. The third kappa shape index (κ3) is 18.6. The maximum atomic E-state index is 10.6. The molecule has 0 fully saturated rings. The van der Waals surface area contributed by atoms with E-state index < -0.39 is 45.3 Å². The molecule has 0 aliphatic rings. The number of carboxylic acids is 2. The van der Waals surface area contributed by atoms with Gasteiger partial charge in [0.2, 0.25) is 0 Å². The molecule has 7 nitrogen and oxygen atoms in total. The molecule has 238 valence electrons. The average molecular weight is 617 g/mol. The van der Waals surface area contributed by atoms with Crippen LogP contribution in [0.1, 0.15) is 151 Å². The van der Waals surface area contributed by atoms with Crippen molar-refractivity contribution in [2.24, 2.45) is 0 Å². The Morgan fingerprint density at radius 2 is 0.902 bits per heavy atom. The first kappa shape index (κ1) is 39.5. The molecule has 0 bridgehead atoms. The number of unbranched alkanes of at least 4 members (excludes halogenated alkanes) is 12. The number of carboxylic acid groups (broad SMARTS) is 2. The van der Waals surface area contributed by atoms with Gasteiger partial charge in [-0.05, 0) is 50.3 Å². The van der Waals surface area contributed by atoms with Gasteiger partial charge in [-0.1, -0.05) is 98.3 Å². The molecule has 0 spiro atoms. The lowest BCUT2D eigenvalue weighted by Gasteiger charge is -2.28. The Labute approximate surface area is 251 Å².